The van der Waals surface area contributed by atoms with Crippen LogP contribution in [0.3, 0.4) is 0 Å². The van der Waals surface area contributed by atoms with Crippen LogP contribution in [0.15, 0.2) is 23.2 Å². The molecule has 2 rings (SSSR count). The summed E-state index contributed by atoms with van der Waals surface area (Å²) in [4.78, 5) is 10.5. The second kappa shape index (κ2) is 5.44. The first-order chi connectivity index (χ1) is 8.22. The molecule has 0 amide bonds. The first kappa shape index (κ1) is 12.3. The van der Waals surface area contributed by atoms with Crippen LogP contribution in [0, 0.1) is 0 Å². The molecule has 0 aromatic carbocycles. The molecule has 2 heterocycles. The number of hydrogen-bond acceptors (Lipinski definition) is 5. The predicted octanol–water partition coefficient (Wildman–Crippen LogP) is 2.29. The van der Waals surface area contributed by atoms with Crippen molar-refractivity contribution in [3.63, 3.8) is 0 Å². The smallest absolute Gasteiger partial charge is 0.147 e. The van der Waals surface area contributed by atoms with Gasteiger partial charge in [0.1, 0.15) is 5.82 Å². The maximum absolute atomic E-state index is 6.24. The molecule has 0 aliphatic heterocycles. The van der Waals surface area contributed by atoms with Crippen LogP contribution in [0.2, 0.25) is 5.02 Å². The van der Waals surface area contributed by atoms with Crippen molar-refractivity contribution < 1.29 is 0 Å². The lowest BCUT2D eigenvalue weighted by atomic mass is 10.2. The maximum atomic E-state index is 6.24. The highest BCUT2D eigenvalue weighted by Gasteiger charge is 2.11. The van der Waals surface area contributed by atoms with Crippen molar-refractivity contribution in [2.75, 3.05) is 11.9 Å². The molecule has 0 atom stereocenters. The number of halogens is 1. The minimum Gasteiger partial charge on any atom is -0.353 e. The molecule has 0 unspecified atom stereocenters. The van der Waals surface area contributed by atoms with E-state index in [1.807, 2.05) is 28.9 Å². The number of anilines is 1. The van der Waals surface area contributed by atoms with Crippen molar-refractivity contribution in [2.45, 2.75) is 13.1 Å². The number of thiazole rings is 1. The summed E-state index contributed by atoms with van der Waals surface area (Å²) in [5, 5.41) is 2.63. The topological polar surface area (TPSA) is 55.0 Å². The number of rotatable bonds is 4. The summed E-state index contributed by atoms with van der Waals surface area (Å²) < 4.78 is 0. The number of nitrogens with two attached hydrogens (primary N) is 1. The van der Waals surface area contributed by atoms with Crippen LogP contribution in [0.5, 0.6) is 0 Å². The zero-order valence-corrected chi connectivity index (χ0v) is 11.0. The van der Waals surface area contributed by atoms with Crippen LogP contribution in [-0.2, 0) is 13.1 Å². The minimum atomic E-state index is 0.416. The van der Waals surface area contributed by atoms with E-state index in [4.69, 9.17) is 17.3 Å². The fraction of sp³-hybridized carbons (Fsp3) is 0.273. The Kier molecular flexibility index (Phi) is 3.93. The molecule has 2 aromatic heterocycles. The summed E-state index contributed by atoms with van der Waals surface area (Å²) in [6.45, 7) is 1.10. The second-order valence-electron chi connectivity index (χ2n) is 3.65. The SMILES string of the molecule is CN(Cc1cscn1)c1nccc(CN)c1Cl. The highest BCUT2D eigenvalue weighted by atomic mass is 35.5. The molecule has 2 N–H and O–H groups in total. The van der Waals surface area contributed by atoms with E-state index >= 15 is 0 Å². The third-order valence-corrected chi connectivity index (χ3v) is 3.46. The van der Waals surface area contributed by atoms with Gasteiger partial charge in [0, 0.05) is 25.2 Å². The summed E-state index contributed by atoms with van der Waals surface area (Å²) in [5.41, 5.74) is 9.34. The van der Waals surface area contributed by atoms with E-state index in [2.05, 4.69) is 9.97 Å². The van der Waals surface area contributed by atoms with Crippen molar-refractivity contribution in [2.24, 2.45) is 5.73 Å². The van der Waals surface area contributed by atoms with Crippen molar-refractivity contribution in [3.05, 3.63) is 39.4 Å². The first-order valence-corrected chi connectivity index (χ1v) is 6.46. The van der Waals surface area contributed by atoms with E-state index in [1.54, 1.807) is 17.5 Å². The van der Waals surface area contributed by atoms with E-state index in [-0.39, 0.29) is 0 Å². The normalized spacial score (nSPS) is 10.5. The highest BCUT2D eigenvalue weighted by molar-refractivity contribution is 7.07. The fourth-order valence-electron chi connectivity index (χ4n) is 1.53. The molecule has 2 aromatic rings. The van der Waals surface area contributed by atoms with Gasteiger partial charge < -0.3 is 10.6 Å². The second-order valence-corrected chi connectivity index (χ2v) is 4.74. The first-order valence-electron chi connectivity index (χ1n) is 5.14. The van der Waals surface area contributed by atoms with Gasteiger partial charge in [-0.25, -0.2) is 9.97 Å². The van der Waals surface area contributed by atoms with Crippen LogP contribution in [0.4, 0.5) is 5.82 Å². The van der Waals surface area contributed by atoms with Gasteiger partial charge in [0.15, 0.2) is 0 Å². The molecule has 0 bridgehead atoms. The average molecular weight is 269 g/mol. The summed E-state index contributed by atoms with van der Waals surface area (Å²) >= 11 is 7.82. The van der Waals surface area contributed by atoms with Gasteiger partial charge in [-0.2, -0.15) is 0 Å². The van der Waals surface area contributed by atoms with Gasteiger partial charge in [-0.3, -0.25) is 0 Å². The third-order valence-electron chi connectivity index (χ3n) is 2.41. The molecule has 4 nitrogen and oxygen atoms in total. The highest BCUT2D eigenvalue weighted by Crippen LogP contribution is 2.26. The lowest BCUT2D eigenvalue weighted by Crippen LogP contribution is -2.19. The Morgan fingerprint density at radius 2 is 2.29 bits per heavy atom. The quantitative estimate of drug-likeness (QED) is 0.924. The summed E-state index contributed by atoms with van der Waals surface area (Å²) in [6.07, 6.45) is 1.72. The molecular weight excluding hydrogens is 256 g/mol. The number of nitrogens with zero attached hydrogens (tertiary/aromatic N) is 3. The van der Waals surface area contributed by atoms with E-state index in [0.717, 1.165) is 17.1 Å². The van der Waals surface area contributed by atoms with Gasteiger partial charge in [0.2, 0.25) is 0 Å². The number of hydrogen-bond donors (Lipinski definition) is 1. The van der Waals surface area contributed by atoms with Crippen LogP contribution >= 0.6 is 22.9 Å². The molecule has 0 aliphatic rings. The van der Waals surface area contributed by atoms with Crippen molar-refractivity contribution >= 4 is 28.8 Å². The van der Waals surface area contributed by atoms with E-state index in [9.17, 15) is 0 Å². The third kappa shape index (κ3) is 2.74. The van der Waals surface area contributed by atoms with Gasteiger partial charge in [-0.1, -0.05) is 11.6 Å². The lowest BCUT2D eigenvalue weighted by Gasteiger charge is -2.19. The summed E-state index contributed by atoms with van der Waals surface area (Å²) in [7, 11) is 1.94. The number of aromatic nitrogens is 2. The molecule has 0 saturated heterocycles. The molecular formula is C11H13ClN4S. The average Bonchev–Trinajstić information content (AvgIpc) is 2.82. The Balaban J connectivity index is 2.22. The fourth-order valence-corrected chi connectivity index (χ4v) is 2.41. The van der Waals surface area contributed by atoms with Crippen molar-refractivity contribution in [1.29, 1.82) is 0 Å². The van der Waals surface area contributed by atoms with E-state index in [1.165, 1.54) is 0 Å². The Morgan fingerprint density at radius 3 is 2.94 bits per heavy atom. The maximum Gasteiger partial charge on any atom is 0.147 e. The van der Waals surface area contributed by atoms with Gasteiger partial charge in [-0.15, -0.1) is 11.3 Å². The Hall–Kier alpha value is -1.17. The zero-order valence-electron chi connectivity index (χ0n) is 9.43. The summed E-state index contributed by atoms with van der Waals surface area (Å²) in [5.74, 6) is 0.739. The van der Waals surface area contributed by atoms with Crippen LogP contribution in [0.1, 0.15) is 11.3 Å². The Morgan fingerprint density at radius 1 is 1.47 bits per heavy atom. The molecule has 0 aliphatic carbocycles. The molecule has 17 heavy (non-hydrogen) atoms. The number of pyridine rings is 1. The summed E-state index contributed by atoms with van der Waals surface area (Å²) in [6, 6.07) is 1.84. The standard InChI is InChI=1S/C11H13ClN4S/c1-16(5-9-6-17-7-15-9)11-10(12)8(4-13)2-3-14-11/h2-3,6-7H,4-5,13H2,1H3. The molecule has 90 valence electrons. The lowest BCUT2D eigenvalue weighted by molar-refractivity contribution is 0.870. The zero-order chi connectivity index (χ0) is 12.3. The van der Waals surface area contributed by atoms with Gasteiger partial charge >= 0.3 is 0 Å². The Bertz CT molecular complexity index is 486. The molecule has 0 radical (unpaired) electrons. The van der Waals surface area contributed by atoms with Crippen LogP contribution in [0.25, 0.3) is 0 Å². The van der Waals surface area contributed by atoms with E-state index < -0.39 is 0 Å². The van der Waals surface area contributed by atoms with Crippen LogP contribution in [-0.4, -0.2) is 17.0 Å². The predicted molar refractivity (Wildman–Crippen MR) is 71.4 cm³/mol. The van der Waals surface area contributed by atoms with Gasteiger partial charge in [0.25, 0.3) is 0 Å². The van der Waals surface area contributed by atoms with Gasteiger partial charge in [-0.05, 0) is 11.6 Å². The molecule has 0 fully saturated rings. The molecule has 0 saturated carbocycles. The minimum absolute atomic E-state index is 0.416. The monoisotopic (exact) mass is 268 g/mol. The van der Waals surface area contributed by atoms with E-state index in [0.29, 0.717) is 18.1 Å². The molecule has 6 heteroatoms. The van der Waals surface area contributed by atoms with Gasteiger partial charge in [0.05, 0.1) is 22.8 Å². The molecule has 0 spiro atoms. The van der Waals surface area contributed by atoms with Crippen molar-refractivity contribution in [3.8, 4) is 0 Å². The Labute approximate surface area is 109 Å². The van der Waals surface area contributed by atoms with Crippen molar-refractivity contribution in [1.82, 2.24) is 9.97 Å². The van der Waals surface area contributed by atoms with Crippen LogP contribution < -0.4 is 10.6 Å². The largest absolute Gasteiger partial charge is 0.353 e.